The van der Waals surface area contributed by atoms with Crippen LogP contribution >= 0.6 is 0 Å². The van der Waals surface area contributed by atoms with Gasteiger partial charge in [0.15, 0.2) is 0 Å². The smallest absolute Gasteiger partial charge is 0.0764 e. The van der Waals surface area contributed by atoms with Crippen LogP contribution in [0.3, 0.4) is 0 Å². The predicted molar refractivity (Wildman–Crippen MR) is 76.8 cm³/mol. The molecule has 1 atom stereocenters. The third-order valence-electron chi connectivity index (χ3n) is 4.75. The molecular formula is C15H26N4. The van der Waals surface area contributed by atoms with E-state index in [-0.39, 0.29) is 0 Å². The summed E-state index contributed by atoms with van der Waals surface area (Å²) in [6.45, 7) is 1.70. The summed E-state index contributed by atoms with van der Waals surface area (Å²) in [4.78, 5) is 2.39. The quantitative estimate of drug-likeness (QED) is 0.854. The van der Waals surface area contributed by atoms with E-state index in [1.54, 1.807) is 0 Å². The normalized spacial score (nSPS) is 22.3. The molecule has 2 aliphatic carbocycles. The molecule has 0 bridgehead atoms. The van der Waals surface area contributed by atoms with Crippen LogP contribution in [0.2, 0.25) is 0 Å². The number of nitrogens with two attached hydrogens (primary N) is 1. The molecule has 0 saturated heterocycles. The van der Waals surface area contributed by atoms with Crippen LogP contribution in [0.25, 0.3) is 0 Å². The highest BCUT2D eigenvalue weighted by Gasteiger charge is 2.33. The van der Waals surface area contributed by atoms with Gasteiger partial charge in [0.1, 0.15) is 0 Å². The van der Waals surface area contributed by atoms with Crippen LogP contribution in [-0.4, -0.2) is 34.3 Å². The molecular weight excluding hydrogens is 236 g/mol. The predicted octanol–water partition coefficient (Wildman–Crippen LogP) is 2.17. The van der Waals surface area contributed by atoms with Crippen molar-refractivity contribution in [1.29, 1.82) is 0 Å². The Labute approximate surface area is 116 Å². The Bertz CT molecular complexity index is 404. The van der Waals surface area contributed by atoms with Gasteiger partial charge in [0.2, 0.25) is 0 Å². The molecule has 2 N–H and O–H groups in total. The zero-order valence-electron chi connectivity index (χ0n) is 12.0. The van der Waals surface area contributed by atoms with Gasteiger partial charge in [-0.05, 0) is 44.7 Å². The zero-order valence-corrected chi connectivity index (χ0v) is 12.0. The topological polar surface area (TPSA) is 47.1 Å². The number of rotatable bonds is 6. The van der Waals surface area contributed by atoms with Gasteiger partial charge in [-0.3, -0.25) is 9.58 Å². The van der Waals surface area contributed by atoms with Crippen LogP contribution in [0.1, 0.15) is 50.3 Å². The molecule has 0 spiro atoms. The van der Waals surface area contributed by atoms with Crippen molar-refractivity contribution in [1.82, 2.24) is 14.7 Å². The lowest BCUT2D eigenvalue weighted by Gasteiger charge is -2.26. The summed E-state index contributed by atoms with van der Waals surface area (Å²) >= 11 is 0. The molecule has 106 valence electrons. The third-order valence-corrected chi connectivity index (χ3v) is 4.75. The molecule has 0 aromatic carbocycles. The number of hydrogen-bond donors (Lipinski definition) is 1. The monoisotopic (exact) mass is 262 g/mol. The first-order valence-electron chi connectivity index (χ1n) is 7.72. The summed E-state index contributed by atoms with van der Waals surface area (Å²) in [6.07, 6.45) is 10.2. The number of likely N-dealkylation sites (N-methyl/N-ethyl adjacent to an activating group) is 1. The van der Waals surface area contributed by atoms with E-state index in [2.05, 4.69) is 28.9 Å². The van der Waals surface area contributed by atoms with Gasteiger partial charge in [-0.25, -0.2) is 0 Å². The molecule has 1 heterocycles. The zero-order chi connectivity index (χ0) is 13.2. The van der Waals surface area contributed by atoms with E-state index in [0.717, 1.165) is 19.0 Å². The number of hydrogen-bond acceptors (Lipinski definition) is 3. The van der Waals surface area contributed by atoms with Crippen molar-refractivity contribution < 1.29 is 0 Å². The van der Waals surface area contributed by atoms with E-state index in [0.29, 0.717) is 12.1 Å². The van der Waals surface area contributed by atoms with Crippen LogP contribution in [0.4, 0.5) is 0 Å². The van der Waals surface area contributed by atoms with Crippen molar-refractivity contribution in [2.24, 2.45) is 11.7 Å². The Kier molecular flexibility index (Phi) is 3.89. The standard InChI is InChI=1S/C15H26N4/c1-18(15(10-16)12-6-7-12)11-13-8-9-19(17-13)14-4-2-3-5-14/h8-9,12,14-15H,2-7,10-11,16H2,1H3. The Balaban J connectivity index is 1.59. The fourth-order valence-corrected chi connectivity index (χ4v) is 3.42. The Morgan fingerprint density at radius 3 is 2.74 bits per heavy atom. The van der Waals surface area contributed by atoms with Crippen molar-refractivity contribution in [3.8, 4) is 0 Å². The summed E-state index contributed by atoms with van der Waals surface area (Å²) < 4.78 is 2.19. The molecule has 0 aliphatic heterocycles. The average molecular weight is 262 g/mol. The molecule has 1 aromatic heterocycles. The summed E-state index contributed by atoms with van der Waals surface area (Å²) in [5, 5.41) is 4.76. The van der Waals surface area contributed by atoms with Gasteiger partial charge in [-0.15, -0.1) is 0 Å². The molecule has 4 heteroatoms. The van der Waals surface area contributed by atoms with E-state index in [1.807, 2.05) is 0 Å². The molecule has 2 aliphatic rings. The molecule has 0 amide bonds. The minimum atomic E-state index is 0.539. The fraction of sp³-hybridized carbons (Fsp3) is 0.800. The van der Waals surface area contributed by atoms with E-state index in [9.17, 15) is 0 Å². The van der Waals surface area contributed by atoms with Crippen molar-refractivity contribution in [2.75, 3.05) is 13.6 Å². The van der Waals surface area contributed by atoms with E-state index < -0.39 is 0 Å². The first-order chi connectivity index (χ1) is 9.28. The maximum absolute atomic E-state index is 5.91. The highest BCUT2D eigenvalue weighted by Crippen LogP contribution is 2.35. The Morgan fingerprint density at radius 2 is 2.11 bits per heavy atom. The summed E-state index contributed by atoms with van der Waals surface area (Å²) in [6, 6.07) is 3.36. The summed E-state index contributed by atoms with van der Waals surface area (Å²) in [7, 11) is 2.18. The van der Waals surface area contributed by atoms with E-state index >= 15 is 0 Å². The molecule has 2 saturated carbocycles. The molecule has 1 aromatic rings. The van der Waals surface area contributed by atoms with Gasteiger partial charge >= 0.3 is 0 Å². The van der Waals surface area contributed by atoms with Gasteiger partial charge < -0.3 is 5.73 Å². The van der Waals surface area contributed by atoms with E-state index in [1.165, 1.54) is 44.2 Å². The summed E-state index contributed by atoms with van der Waals surface area (Å²) in [5.41, 5.74) is 7.09. The second kappa shape index (κ2) is 5.63. The number of aromatic nitrogens is 2. The van der Waals surface area contributed by atoms with Gasteiger partial charge in [0.05, 0.1) is 11.7 Å². The van der Waals surface area contributed by atoms with Gasteiger partial charge in [-0.2, -0.15) is 5.10 Å². The molecule has 4 nitrogen and oxygen atoms in total. The Hall–Kier alpha value is -0.870. The van der Waals surface area contributed by atoms with Gasteiger partial charge in [0, 0.05) is 25.3 Å². The second-order valence-electron chi connectivity index (χ2n) is 6.28. The van der Waals surface area contributed by atoms with Crippen LogP contribution in [0, 0.1) is 5.92 Å². The number of nitrogens with zero attached hydrogens (tertiary/aromatic N) is 3. The van der Waals surface area contributed by atoms with Gasteiger partial charge in [0.25, 0.3) is 0 Å². The van der Waals surface area contributed by atoms with Crippen LogP contribution < -0.4 is 5.73 Å². The van der Waals surface area contributed by atoms with Crippen molar-refractivity contribution in [2.45, 2.75) is 57.2 Å². The SMILES string of the molecule is CN(Cc1ccn(C2CCCC2)n1)C(CN)C1CC1. The lowest BCUT2D eigenvalue weighted by molar-refractivity contribution is 0.212. The maximum atomic E-state index is 5.91. The second-order valence-corrected chi connectivity index (χ2v) is 6.28. The van der Waals surface area contributed by atoms with Gasteiger partial charge in [-0.1, -0.05) is 12.8 Å². The molecule has 0 radical (unpaired) electrons. The first-order valence-corrected chi connectivity index (χ1v) is 7.72. The van der Waals surface area contributed by atoms with Crippen LogP contribution in [0.15, 0.2) is 12.3 Å². The van der Waals surface area contributed by atoms with Crippen molar-refractivity contribution >= 4 is 0 Å². The molecule has 19 heavy (non-hydrogen) atoms. The minimum absolute atomic E-state index is 0.539. The van der Waals surface area contributed by atoms with Crippen LogP contribution in [0.5, 0.6) is 0 Å². The largest absolute Gasteiger partial charge is 0.329 e. The summed E-state index contributed by atoms with van der Waals surface area (Å²) in [5.74, 6) is 0.826. The Morgan fingerprint density at radius 1 is 1.37 bits per heavy atom. The average Bonchev–Trinajstić information content (AvgIpc) is 2.93. The fourth-order valence-electron chi connectivity index (χ4n) is 3.42. The first kappa shape index (κ1) is 13.1. The van der Waals surface area contributed by atoms with E-state index in [4.69, 9.17) is 10.8 Å². The minimum Gasteiger partial charge on any atom is -0.329 e. The highest BCUT2D eigenvalue weighted by molar-refractivity contribution is 5.01. The molecule has 3 rings (SSSR count). The maximum Gasteiger partial charge on any atom is 0.0764 e. The highest BCUT2D eigenvalue weighted by atomic mass is 15.3. The lowest BCUT2D eigenvalue weighted by atomic mass is 10.1. The van der Waals surface area contributed by atoms with Crippen LogP contribution in [-0.2, 0) is 6.54 Å². The lowest BCUT2D eigenvalue weighted by Crippen LogP contribution is -2.39. The van der Waals surface area contributed by atoms with Crippen molar-refractivity contribution in [3.63, 3.8) is 0 Å². The molecule has 1 unspecified atom stereocenters. The molecule has 2 fully saturated rings. The van der Waals surface area contributed by atoms with Crippen molar-refractivity contribution in [3.05, 3.63) is 18.0 Å². The third kappa shape index (κ3) is 3.00.